The Balaban J connectivity index is 1.99. The first-order chi connectivity index (χ1) is 7.55. The Morgan fingerprint density at radius 3 is 3.00 bits per heavy atom. The number of rotatable bonds is 2. The van der Waals surface area contributed by atoms with E-state index in [1.807, 2.05) is 12.4 Å². The van der Waals surface area contributed by atoms with Gasteiger partial charge in [-0.1, -0.05) is 0 Å². The molecule has 1 saturated heterocycles. The van der Waals surface area contributed by atoms with Gasteiger partial charge < -0.3 is 0 Å². The van der Waals surface area contributed by atoms with E-state index >= 15 is 0 Å². The van der Waals surface area contributed by atoms with Crippen molar-refractivity contribution in [2.75, 3.05) is 18.8 Å². The third kappa shape index (κ3) is 3.47. The van der Waals surface area contributed by atoms with Gasteiger partial charge in [0.2, 0.25) is 0 Å². The standard InChI is InChI=1S/C12H17BrN2S/c1-12(2)9-15(3-4-16-12)8-10-5-11(13)7-14-6-10/h5-7H,3-4,8-9H2,1-2H3. The van der Waals surface area contributed by atoms with E-state index < -0.39 is 0 Å². The van der Waals surface area contributed by atoms with Crippen molar-refractivity contribution in [2.24, 2.45) is 0 Å². The highest BCUT2D eigenvalue weighted by Gasteiger charge is 2.26. The highest BCUT2D eigenvalue weighted by Crippen LogP contribution is 2.30. The Bertz CT molecular complexity index is 368. The topological polar surface area (TPSA) is 16.1 Å². The number of thioether (sulfide) groups is 1. The highest BCUT2D eigenvalue weighted by atomic mass is 79.9. The van der Waals surface area contributed by atoms with Gasteiger partial charge in [-0.15, -0.1) is 0 Å². The number of nitrogens with zero attached hydrogens (tertiary/aromatic N) is 2. The molecule has 0 amide bonds. The third-order valence-corrected chi connectivity index (χ3v) is 4.40. The van der Waals surface area contributed by atoms with Gasteiger partial charge >= 0.3 is 0 Å². The zero-order valence-corrected chi connectivity index (χ0v) is 12.1. The van der Waals surface area contributed by atoms with Crippen LogP contribution in [0.25, 0.3) is 0 Å². The monoisotopic (exact) mass is 300 g/mol. The first kappa shape index (κ1) is 12.4. The van der Waals surface area contributed by atoms with Crippen molar-refractivity contribution in [2.45, 2.75) is 25.1 Å². The molecule has 0 N–H and O–H groups in total. The van der Waals surface area contributed by atoms with Crippen molar-refractivity contribution in [1.82, 2.24) is 9.88 Å². The van der Waals surface area contributed by atoms with Crippen LogP contribution in [0.2, 0.25) is 0 Å². The first-order valence-corrected chi connectivity index (χ1v) is 7.29. The zero-order valence-electron chi connectivity index (χ0n) is 9.74. The minimum Gasteiger partial charge on any atom is -0.297 e. The summed E-state index contributed by atoms with van der Waals surface area (Å²) in [7, 11) is 0. The maximum absolute atomic E-state index is 4.21. The van der Waals surface area contributed by atoms with E-state index in [2.05, 4.69) is 57.5 Å². The second-order valence-corrected chi connectivity index (χ2v) is 7.55. The molecule has 1 aliphatic heterocycles. The zero-order chi connectivity index (χ0) is 11.6. The lowest BCUT2D eigenvalue weighted by Gasteiger charge is -2.37. The summed E-state index contributed by atoms with van der Waals surface area (Å²) in [6, 6.07) is 2.15. The molecule has 1 aromatic heterocycles. The fraction of sp³-hybridized carbons (Fsp3) is 0.583. The molecule has 1 aromatic rings. The van der Waals surface area contributed by atoms with Gasteiger partial charge in [0.15, 0.2) is 0 Å². The molecule has 0 aromatic carbocycles. The quantitative estimate of drug-likeness (QED) is 0.834. The Morgan fingerprint density at radius 1 is 1.50 bits per heavy atom. The van der Waals surface area contributed by atoms with Crippen LogP contribution in [0, 0.1) is 0 Å². The summed E-state index contributed by atoms with van der Waals surface area (Å²) in [5.41, 5.74) is 1.29. The number of hydrogen-bond donors (Lipinski definition) is 0. The smallest absolute Gasteiger partial charge is 0.0410 e. The summed E-state index contributed by atoms with van der Waals surface area (Å²) in [5.74, 6) is 1.23. The molecule has 2 heterocycles. The Kier molecular flexibility index (Phi) is 3.93. The molecule has 1 fully saturated rings. The van der Waals surface area contributed by atoms with E-state index in [0.29, 0.717) is 4.75 Å². The summed E-state index contributed by atoms with van der Waals surface area (Å²) in [5, 5.41) is 0. The van der Waals surface area contributed by atoms with E-state index in [1.165, 1.54) is 17.9 Å². The van der Waals surface area contributed by atoms with Gasteiger partial charge in [0.1, 0.15) is 0 Å². The van der Waals surface area contributed by atoms with Gasteiger partial charge in [-0.2, -0.15) is 11.8 Å². The SMILES string of the molecule is CC1(C)CN(Cc2cncc(Br)c2)CCS1. The fourth-order valence-electron chi connectivity index (χ4n) is 2.05. The molecule has 0 atom stereocenters. The van der Waals surface area contributed by atoms with Crippen LogP contribution in [0.1, 0.15) is 19.4 Å². The highest BCUT2D eigenvalue weighted by molar-refractivity contribution is 9.10. The molecular formula is C12H17BrN2S. The maximum atomic E-state index is 4.21. The Labute approximate surface area is 110 Å². The molecule has 2 rings (SSSR count). The summed E-state index contributed by atoms with van der Waals surface area (Å²) in [6.45, 7) is 7.99. The second-order valence-electron chi connectivity index (χ2n) is 4.83. The van der Waals surface area contributed by atoms with E-state index in [9.17, 15) is 0 Å². The summed E-state index contributed by atoms with van der Waals surface area (Å²) in [6.07, 6.45) is 3.79. The van der Waals surface area contributed by atoms with Crippen molar-refractivity contribution >= 4 is 27.7 Å². The number of aromatic nitrogens is 1. The van der Waals surface area contributed by atoms with Crippen molar-refractivity contribution in [3.05, 3.63) is 28.5 Å². The van der Waals surface area contributed by atoms with E-state index in [4.69, 9.17) is 0 Å². The van der Waals surface area contributed by atoms with Crippen LogP contribution >= 0.6 is 27.7 Å². The Morgan fingerprint density at radius 2 is 2.31 bits per heavy atom. The molecule has 0 unspecified atom stereocenters. The number of hydrogen-bond acceptors (Lipinski definition) is 3. The molecule has 0 aliphatic carbocycles. The minimum atomic E-state index is 0.387. The fourth-order valence-corrected chi connectivity index (χ4v) is 3.64. The average Bonchev–Trinajstić information content (AvgIpc) is 2.15. The van der Waals surface area contributed by atoms with Gasteiger partial charge in [-0.25, -0.2) is 0 Å². The normalized spacial score (nSPS) is 20.9. The largest absolute Gasteiger partial charge is 0.297 e. The van der Waals surface area contributed by atoms with Gasteiger partial charge in [0, 0.05) is 47.0 Å². The third-order valence-electron chi connectivity index (χ3n) is 2.67. The number of halogens is 1. The van der Waals surface area contributed by atoms with Crippen LogP contribution in [0.15, 0.2) is 22.9 Å². The average molecular weight is 301 g/mol. The van der Waals surface area contributed by atoms with Gasteiger partial charge in [-0.05, 0) is 41.4 Å². The lowest BCUT2D eigenvalue weighted by Crippen LogP contribution is -2.42. The lowest BCUT2D eigenvalue weighted by molar-refractivity contribution is 0.252. The van der Waals surface area contributed by atoms with Crippen molar-refractivity contribution in [1.29, 1.82) is 0 Å². The van der Waals surface area contributed by atoms with Crippen LogP contribution in [-0.2, 0) is 6.54 Å². The van der Waals surface area contributed by atoms with Crippen LogP contribution in [0.5, 0.6) is 0 Å². The lowest BCUT2D eigenvalue weighted by atomic mass is 10.1. The molecule has 0 bridgehead atoms. The molecule has 88 valence electrons. The maximum Gasteiger partial charge on any atom is 0.0410 e. The summed E-state index contributed by atoms with van der Waals surface area (Å²) in [4.78, 5) is 6.72. The van der Waals surface area contributed by atoms with Gasteiger partial charge in [-0.3, -0.25) is 9.88 Å². The van der Waals surface area contributed by atoms with Crippen LogP contribution in [-0.4, -0.2) is 33.5 Å². The van der Waals surface area contributed by atoms with Crippen LogP contribution in [0.3, 0.4) is 0 Å². The van der Waals surface area contributed by atoms with E-state index in [0.717, 1.165) is 17.6 Å². The van der Waals surface area contributed by atoms with E-state index in [1.54, 1.807) is 0 Å². The van der Waals surface area contributed by atoms with Crippen molar-refractivity contribution < 1.29 is 0 Å². The van der Waals surface area contributed by atoms with Crippen molar-refractivity contribution in [3.8, 4) is 0 Å². The summed E-state index contributed by atoms with van der Waals surface area (Å²) < 4.78 is 1.45. The predicted molar refractivity (Wildman–Crippen MR) is 73.8 cm³/mol. The predicted octanol–water partition coefficient (Wildman–Crippen LogP) is 3.17. The number of pyridine rings is 1. The van der Waals surface area contributed by atoms with Crippen LogP contribution < -0.4 is 0 Å². The molecule has 1 aliphatic rings. The van der Waals surface area contributed by atoms with Crippen LogP contribution in [0.4, 0.5) is 0 Å². The molecule has 0 saturated carbocycles. The molecular weight excluding hydrogens is 284 g/mol. The Hall–Kier alpha value is -0.0600. The van der Waals surface area contributed by atoms with Crippen molar-refractivity contribution in [3.63, 3.8) is 0 Å². The molecule has 0 spiro atoms. The van der Waals surface area contributed by atoms with Gasteiger partial charge in [0.05, 0.1) is 0 Å². The molecule has 0 radical (unpaired) electrons. The van der Waals surface area contributed by atoms with Gasteiger partial charge in [0.25, 0.3) is 0 Å². The molecule has 4 heteroatoms. The van der Waals surface area contributed by atoms with E-state index in [-0.39, 0.29) is 0 Å². The molecule has 16 heavy (non-hydrogen) atoms. The second kappa shape index (κ2) is 5.07. The minimum absolute atomic E-state index is 0.387. The molecule has 2 nitrogen and oxygen atoms in total. The first-order valence-electron chi connectivity index (χ1n) is 5.51. The summed E-state index contributed by atoms with van der Waals surface area (Å²) >= 11 is 5.54.